The van der Waals surface area contributed by atoms with Gasteiger partial charge in [0.2, 0.25) is 0 Å². The van der Waals surface area contributed by atoms with Gasteiger partial charge >= 0.3 is 0 Å². The molecule has 2 aliphatic rings. The summed E-state index contributed by atoms with van der Waals surface area (Å²) in [7, 11) is 0. The first-order chi connectivity index (χ1) is 9.58. The van der Waals surface area contributed by atoms with Gasteiger partial charge in [0, 0.05) is 49.9 Å². The molecule has 3 heterocycles. The lowest BCUT2D eigenvalue weighted by molar-refractivity contribution is 0.172. The molecule has 20 heavy (non-hydrogen) atoms. The number of pyridine rings is 1. The molecule has 0 spiro atoms. The van der Waals surface area contributed by atoms with Crippen LogP contribution < -0.4 is 9.64 Å². The van der Waals surface area contributed by atoms with E-state index in [0.29, 0.717) is 17.1 Å². The van der Waals surface area contributed by atoms with E-state index in [1.165, 1.54) is 0 Å². The molecule has 1 atom stereocenters. The number of hydrogen-bond donors (Lipinski definition) is 0. The van der Waals surface area contributed by atoms with Crippen LogP contribution in [0.3, 0.4) is 0 Å². The van der Waals surface area contributed by atoms with Crippen molar-refractivity contribution in [3.05, 3.63) is 16.8 Å². The lowest BCUT2D eigenvalue weighted by atomic mass is 10.1. The number of fused-ring (bicyclic) bond motifs is 3. The van der Waals surface area contributed by atoms with Crippen molar-refractivity contribution in [1.29, 1.82) is 0 Å². The summed E-state index contributed by atoms with van der Waals surface area (Å²) in [5, 5.41) is 0.683. The number of nitrogens with zero attached hydrogens (tertiary/aromatic N) is 3. The average molecular weight is 296 g/mol. The lowest BCUT2D eigenvalue weighted by Crippen LogP contribution is -2.55. The fourth-order valence-electron chi connectivity index (χ4n) is 3.10. The highest BCUT2D eigenvalue weighted by Gasteiger charge is 2.33. The maximum atomic E-state index is 6.17. The monoisotopic (exact) mass is 295 g/mol. The number of anilines is 1. The summed E-state index contributed by atoms with van der Waals surface area (Å²) in [4.78, 5) is 9.49. The second-order valence-corrected chi connectivity index (χ2v) is 6.36. The molecule has 1 unspecified atom stereocenters. The van der Waals surface area contributed by atoms with Gasteiger partial charge in [-0.1, -0.05) is 11.6 Å². The highest BCUT2D eigenvalue weighted by atomic mass is 35.5. The summed E-state index contributed by atoms with van der Waals surface area (Å²) in [5.41, 5.74) is 1.00. The van der Waals surface area contributed by atoms with Crippen LogP contribution in [-0.2, 0) is 0 Å². The maximum Gasteiger partial charge on any atom is 0.172 e. The summed E-state index contributed by atoms with van der Waals surface area (Å²) in [6, 6.07) is 1.08. The van der Waals surface area contributed by atoms with Gasteiger partial charge < -0.3 is 9.64 Å². The molecule has 1 aromatic rings. The summed E-state index contributed by atoms with van der Waals surface area (Å²) < 4.78 is 5.94. The topological polar surface area (TPSA) is 28.6 Å². The molecule has 2 aliphatic heterocycles. The van der Waals surface area contributed by atoms with Crippen molar-refractivity contribution in [3.8, 4) is 5.75 Å². The van der Waals surface area contributed by atoms with Crippen molar-refractivity contribution in [3.63, 3.8) is 0 Å². The van der Waals surface area contributed by atoms with Gasteiger partial charge in [0.15, 0.2) is 11.6 Å². The van der Waals surface area contributed by atoms with Crippen LogP contribution in [-0.4, -0.2) is 48.2 Å². The second-order valence-electron chi connectivity index (χ2n) is 5.96. The average Bonchev–Trinajstić information content (AvgIpc) is 2.61. The van der Waals surface area contributed by atoms with Gasteiger partial charge in [0.05, 0.1) is 11.6 Å². The van der Waals surface area contributed by atoms with Crippen LogP contribution in [0.5, 0.6) is 5.75 Å². The molecule has 0 aliphatic carbocycles. The standard InChI is InChI=1S/C15H22ClN3O/c1-10(2)18-5-6-19-12(9-18)4-7-20-14-11(3)13(16)8-17-15(14)19/h8,10,12H,4-7,9H2,1-3H3. The van der Waals surface area contributed by atoms with E-state index in [0.717, 1.165) is 49.8 Å². The molecule has 0 aromatic carbocycles. The van der Waals surface area contributed by atoms with Crippen molar-refractivity contribution >= 4 is 17.4 Å². The van der Waals surface area contributed by atoms with Crippen molar-refractivity contribution < 1.29 is 4.74 Å². The zero-order chi connectivity index (χ0) is 14.3. The van der Waals surface area contributed by atoms with Crippen LogP contribution in [0.15, 0.2) is 6.20 Å². The van der Waals surface area contributed by atoms with E-state index in [2.05, 4.69) is 28.6 Å². The van der Waals surface area contributed by atoms with Gasteiger partial charge in [0.25, 0.3) is 0 Å². The molecule has 1 aromatic heterocycles. The molecule has 110 valence electrons. The quantitative estimate of drug-likeness (QED) is 0.796. The lowest BCUT2D eigenvalue weighted by Gasteiger charge is -2.42. The first kappa shape index (κ1) is 14.0. The first-order valence-corrected chi connectivity index (χ1v) is 7.74. The SMILES string of the molecule is Cc1c(Cl)cnc2c1OCCC1CN(C(C)C)CCN21. The zero-order valence-electron chi connectivity index (χ0n) is 12.4. The Morgan fingerprint density at radius 3 is 2.95 bits per heavy atom. The Kier molecular flexibility index (Phi) is 3.78. The molecule has 0 amide bonds. The molecule has 0 radical (unpaired) electrons. The Bertz CT molecular complexity index is 506. The number of ether oxygens (including phenoxy) is 1. The smallest absolute Gasteiger partial charge is 0.172 e. The van der Waals surface area contributed by atoms with E-state index < -0.39 is 0 Å². The molecule has 0 bridgehead atoms. The third-order valence-corrected chi connectivity index (χ3v) is 4.80. The second kappa shape index (κ2) is 5.41. The van der Waals surface area contributed by atoms with E-state index >= 15 is 0 Å². The van der Waals surface area contributed by atoms with Gasteiger partial charge in [-0.15, -0.1) is 0 Å². The molecule has 3 rings (SSSR count). The Balaban J connectivity index is 1.93. The van der Waals surface area contributed by atoms with E-state index in [1.54, 1.807) is 6.20 Å². The first-order valence-electron chi connectivity index (χ1n) is 7.36. The molecular formula is C15H22ClN3O. The Labute approximate surface area is 125 Å². The van der Waals surface area contributed by atoms with E-state index in [-0.39, 0.29) is 0 Å². The highest BCUT2D eigenvalue weighted by Crippen LogP contribution is 2.38. The summed E-state index contributed by atoms with van der Waals surface area (Å²) in [6.07, 6.45) is 2.78. The van der Waals surface area contributed by atoms with E-state index in [4.69, 9.17) is 16.3 Å². The normalized spacial score (nSPS) is 23.1. The number of hydrogen-bond acceptors (Lipinski definition) is 4. The van der Waals surface area contributed by atoms with Crippen molar-refractivity contribution in [2.45, 2.75) is 39.3 Å². The minimum atomic E-state index is 0.487. The van der Waals surface area contributed by atoms with Crippen LogP contribution in [0.1, 0.15) is 25.8 Å². The predicted octanol–water partition coefficient (Wildman–Crippen LogP) is 2.72. The van der Waals surface area contributed by atoms with Gasteiger partial charge in [-0.05, 0) is 20.8 Å². The fourth-order valence-corrected chi connectivity index (χ4v) is 3.23. The number of aromatic nitrogens is 1. The van der Waals surface area contributed by atoms with Gasteiger partial charge in [0.1, 0.15) is 0 Å². The third-order valence-electron chi connectivity index (χ3n) is 4.42. The Morgan fingerprint density at radius 1 is 1.40 bits per heavy atom. The molecule has 1 saturated heterocycles. The van der Waals surface area contributed by atoms with Crippen molar-refractivity contribution in [2.24, 2.45) is 0 Å². The van der Waals surface area contributed by atoms with Crippen LogP contribution >= 0.6 is 11.6 Å². The zero-order valence-corrected chi connectivity index (χ0v) is 13.2. The number of halogens is 1. The van der Waals surface area contributed by atoms with E-state index in [9.17, 15) is 0 Å². The van der Waals surface area contributed by atoms with Gasteiger partial charge in [-0.3, -0.25) is 4.90 Å². The molecule has 0 saturated carbocycles. The number of piperazine rings is 1. The van der Waals surface area contributed by atoms with E-state index in [1.807, 2.05) is 6.92 Å². The minimum Gasteiger partial charge on any atom is -0.489 e. The maximum absolute atomic E-state index is 6.17. The largest absolute Gasteiger partial charge is 0.489 e. The molecule has 4 nitrogen and oxygen atoms in total. The van der Waals surface area contributed by atoms with Gasteiger partial charge in [-0.2, -0.15) is 0 Å². The molecular weight excluding hydrogens is 274 g/mol. The highest BCUT2D eigenvalue weighted by molar-refractivity contribution is 6.31. The van der Waals surface area contributed by atoms with Crippen molar-refractivity contribution in [1.82, 2.24) is 9.88 Å². The Morgan fingerprint density at radius 2 is 2.20 bits per heavy atom. The summed E-state index contributed by atoms with van der Waals surface area (Å²) >= 11 is 6.17. The molecule has 1 fully saturated rings. The third kappa shape index (κ3) is 2.35. The number of rotatable bonds is 1. The van der Waals surface area contributed by atoms with Crippen LogP contribution in [0.25, 0.3) is 0 Å². The molecule has 5 heteroatoms. The van der Waals surface area contributed by atoms with Crippen molar-refractivity contribution in [2.75, 3.05) is 31.1 Å². The van der Waals surface area contributed by atoms with Crippen LogP contribution in [0, 0.1) is 6.92 Å². The van der Waals surface area contributed by atoms with Crippen LogP contribution in [0.2, 0.25) is 5.02 Å². The predicted molar refractivity (Wildman–Crippen MR) is 81.9 cm³/mol. The summed E-state index contributed by atoms with van der Waals surface area (Å²) in [6.45, 7) is 10.4. The van der Waals surface area contributed by atoms with Gasteiger partial charge in [-0.25, -0.2) is 4.98 Å². The van der Waals surface area contributed by atoms with Crippen LogP contribution in [0.4, 0.5) is 5.82 Å². The minimum absolute atomic E-state index is 0.487. The Hall–Kier alpha value is -1.00. The fraction of sp³-hybridized carbons (Fsp3) is 0.667. The molecule has 0 N–H and O–H groups in total. The summed E-state index contributed by atoms with van der Waals surface area (Å²) in [5.74, 6) is 1.84.